The van der Waals surface area contributed by atoms with E-state index < -0.39 is 17.6 Å². The van der Waals surface area contributed by atoms with Crippen molar-refractivity contribution < 1.29 is 18.0 Å². The molecule has 144 valence electrons. The zero-order valence-electron chi connectivity index (χ0n) is 14.7. The van der Waals surface area contributed by atoms with Crippen LogP contribution in [0.15, 0.2) is 54.9 Å². The summed E-state index contributed by atoms with van der Waals surface area (Å²) in [6, 6.07) is 11.3. The largest absolute Gasteiger partial charge is 0.417 e. The number of carbonyl (C=O) groups excluding carboxylic acids is 1. The number of amides is 1. The number of hydrogen-bond donors (Lipinski definition) is 1. The molecule has 0 aliphatic rings. The molecule has 1 amide bonds. The summed E-state index contributed by atoms with van der Waals surface area (Å²) in [6.45, 7) is 2.04. The third kappa shape index (κ3) is 4.48. The number of anilines is 1. The molecule has 0 aliphatic heterocycles. The van der Waals surface area contributed by atoms with Crippen LogP contribution in [0.4, 0.5) is 19.0 Å². The van der Waals surface area contributed by atoms with E-state index in [1.807, 2.05) is 19.1 Å². The molecule has 2 heterocycles. The van der Waals surface area contributed by atoms with Crippen molar-refractivity contribution in [2.24, 2.45) is 0 Å². The van der Waals surface area contributed by atoms with Crippen LogP contribution in [0.1, 0.15) is 28.4 Å². The molecule has 28 heavy (non-hydrogen) atoms. The summed E-state index contributed by atoms with van der Waals surface area (Å²) < 4.78 is 38.0. The Balaban J connectivity index is 1.74. The standard InChI is InChI=1S/C20H15ClF3N3O/c1-2-12-3-8-17(25-10-12)13-4-6-14(7-5-13)19(28)27-18-16(21)9-15(11-26-18)20(22,23)24/h3-11H,2H2,1H3,(H,26,27,28). The van der Waals surface area contributed by atoms with Crippen LogP contribution in [0.25, 0.3) is 11.3 Å². The Kier molecular flexibility index (Phi) is 5.65. The van der Waals surface area contributed by atoms with Crippen molar-refractivity contribution in [3.05, 3.63) is 76.6 Å². The van der Waals surface area contributed by atoms with Crippen LogP contribution in [0.5, 0.6) is 0 Å². The van der Waals surface area contributed by atoms with E-state index in [0.717, 1.165) is 29.3 Å². The van der Waals surface area contributed by atoms with Crippen molar-refractivity contribution in [3.63, 3.8) is 0 Å². The first-order valence-corrected chi connectivity index (χ1v) is 8.75. The van der Waals surface area contributed by atoms with E-state index in [1.54, 1.807) is 30.5 Å². The van der Waals surface area contributed by atoms with Gasteiger partial charge in [-0.3, -0.25) is 9.78 Å². The van der Waals surface area contributed by atoms with E-state index in [1.165, 1.54) is 0 Å². The molecule has 1 aromatic carbocycles. The number of nitrogens with zero attached hydrogens (tertiary/aromatic N) is 2. The highest BCUT2D eigenvalue weighted by Crippen LogP contribution is 2.32. The highest BCUT2D eigenvalue weighted by molar-refractivity contribution is 6.33. The van der Waals surface area contributed by atoms with Crippen molar-refractivity contribution in [1.82, 2.24) is 9.97 Å². The zero-order valence-corrected chi connectivity index (χ0v) is 15.5. The number of aryl methyl sites for hydroxylation is 1. The van der Waals surface area contributed by atoms with Crippen LogP contribution >= 0.6 is 11.6 Å². The maximum Gasteiger partial charge on any atom is 0.417 e. The maximum absolute atomic E-state index is 12.7. The molecule has 0 radical (unpaired) electrons. The number of pyridine rings is 2. The molecule has 0 saturated heterocycles. The third-order valence-electron chi connectivity index (χ3n) is 4.08. The van der Waals surface area contributed by atoms with E-state index in [2.05, 4.69) is 15.3 Å². The Bertz CT molecular complexity index is 987. The van der Waals surface area contributed by atoms with Gasteiger partial charge >= 0.3 is 6.18 Å². The Morgan fingerprint density at radius 1 is 1.07 bits per heavy atom. The minimum absolute atomic E-state index is 0.138. The number of aromatic nitrogens is 2. The first-order valence-electron chi connectivity index (χ1n) is 8.37. The van der Waals surface area contributed by atoms with Gasteiger partial charge in [0.15, 0.2) is 5.82 Å². The smallest absolute Gasteiger partial charge is 0.305 e. The molecule has 0 fully saturated rings. The Labute approximate surface area is 164 Å². The second-order valence-electron chi connectivity index (χ2n) is 5.99. The molecule has 2 aromatic heterocycles. The van der Waals surface area contributed by atoms with Crippen molar-refractivity contribution in [1.29, 1.82) is 0 Å². The van der Waals surface area contributed by atoms with Crippen LogP contribution in [0, 0.1) is 0 Å². The molecule has 0 atom stereocenters. The SMILES string of the molecule is CCc1ccc(-c2ccc(C(=O)Nc3ncc(C(F)(F)F)cc3Cl)cc2)nc1. The predicted molar refractivity (Wildman–Crippen MR) is 101 cm³/mol. The average Bonchev–Trinajstić information content (AvgIpc) is 2.69. The Morgan fingerprint density at radius 2 is 1.79 bits per heavy atom. The highest BCUT2D eigenvalue weighted by Gasteiger charge is 2.31. The van der Waals surface area contributed by atoms with Gasteiger partial charge in [0.1, 0.15) is 0 Å². The average molecular weight is 406 g/mol. The Morgan fingerprint density at radius 3 is 2.32 bits per heavy atom. The van der Waals surface area contributed by atoms with Gasteiger partial charge in [0.05, 0.1) is 16.3 Å². The minimum Gasteiger partial charge on any atom is -0.305 e. The maximum atomic E-state index is 12.7. The molecule has 3 aromatic rings. The third-order valence-corrected chi connectivity index (χ3v) is 4.36. The van der Waals surface area contributed by atoms with Gasteiger partial charge in [-0.15, -0.1) is 0 Å². The monoisotopic (exact) mass is 405 g/mol. The summed E-state index contributed by atoms with van der Waals surface area (Å²) >= 11 is 5.81. The molecule has 0 bridgehead atoms. The van der Waals surface area contributed by atoms with Crippen LogP contribution in [0.2, 0.25) is 5.02 Å². The summed E-state index contributed by atoms with van der Waals surface area (Å²) in [4.78, 5) is 20.3. The number of alkyl halides is 3. The van der Waals surface area contributed by atoms with E-state index in [4.69, 9.17) is 11.6 Å². The second kappa shape index (κ2) is 7.98. The first kappa shape index (κ1) is 19.8. The first-order chi connectivity index (χ1) is 13.3. The summed E-state index contributed by atoms with van der Waals surface area (Å²) in [5, 5.41) is 2.12. The summed E-state index contributed by atoms with van der Waals surface area (Å²) in [5.41, 5.74) is 2.07. The molecule has 0 saturated carbocycles. The van der Waals surface area contributed by atoms with E-state index in [-0.39, 0.29) is 10.8 Å². The minimum atomic E-state index is -4.56. The predicted octanol–water partition coefficient (Wildman–Crippen LogP) is 5.63. The summed E-state index contributed by atoms with van der Waals surface area (Å²) in [6.07, 6.45) is -1.24. The molecule has 1 N–H and O–H groups in total. The fourth-order valence-electron chi connectivity index (χ4n) is 2.46. The molecule has 4 nitrogen and oxygen atoms in total. The van der Waals surface area contributed by atoms with Gasteiger partial charge in [0.25, 0.3) is 5.91 Å². The lowest BCUT2D eigenvalue weighted by molar-refractivity contribution is -0.137. The van der Waals surface area contributed by atoms with Gasteiger partial charge in [0.2, 0.25) is 0 Å². The molecular weight excluding hydrogens is 391 g/mol. The molecule has 0 spiro atoms. The lowest BCUT2D eigenvalue weighted by atomic mass is 10.1. The molecular formula is C20H15ClF3N3O. The van der Waals surface area contributed by atoms with E-state index in [0.29, 0.717) is 11.8 Å². The lowest BCUT2D eigenvalue weighted by Crippen LogP contribution is -2.14. The molecule has 0 unspecified atom stereocenters. The quantitative estimate of drug-likeness (QED) is 0.612. The second-order valence-corrected chi connectivity index (χ2v) is 6.40. The number of carbonyl (C=O) groups is 1. The fourth-order valence-corrected chi connectivity index (χ4v) is 2.67. The number of nitrogens with one attached hydrogen (secondary N) is 1. The van der Waals surface area contributed by atoms with E-state index >= 15 is 0 Å². The number of hydrogen-bond acceptors (Lipinski definition) is 3. The van der Waals surface area contributed by atoms with Gasteiger partial charge in [-0.2, -0.15) is 13.2 Å². The topological polar surface area (TPSA) is 54.9 Å². The van der Waals surface area contributed by atoms with Gasteiger partial charge in [0, 0.05) is 23.5 Å². The molecule has 8 heteroatoms. The number of rotatable bonds is 4. The lowest BCUT2D eigenvalue weighted by Gasteiger charge is -2.10. The summed E-state index contributed by atoms with van der Waals surface area (Å²) in [7, 11) is 0. The highest BCUT2D eigenvalue weighted by atomic mass is 35.5. The molecule has 3 rings (SSSR count). The van der Waals surface area contributed by atoms with Crippen LogP contribution in [-0.2, 0) is 12.6 Å². The van der Waals surface area contributed by atoms with Crippen LogP contribution in [0.3, 0.4) is 0 Å². The molecule has 0 aliphatic carbocycles. The van der Waals surface area contributed by atoms with Gasteiger partial charge < -0.3 is 5.32 Å². The number of halogens is 4. The Hall–Kier alpha value is -2.93. The van der Waals surface area contributed by atoms with Crippen molar-refractivity contribution in [2.45, 2.75) is 19.5 Å². The number of benzene rings is 1. The van der Waals surface area contributed by atoms with Crippen LogP contribution < -0.4 is 5.32 Å². The van der Waals surface area contributed by atoms with Gasteiger partial charge in [-0.25, -0.2) is 4.98 Å². The normalized spacial score (nSPS) is 11.3. The van der Waals surface area contributed by atoms with Crippen LogP contribution in [-0.4, -0.2) is 15.9 Å². The van der Waals surface area contributed by atoms with Crippen molar-refractivity contribution >= 4 is 23.3 Å². The van der Waals surface area contributed by atoms with Gasteiger partial charge in [-0.05, 0) is 36.2 Å². The van der Waals surface area contributed by atoms with Gasteiger partial charge in [-0.1, -0.05) is 36.7 Å². The van der Waals surface area contributed by atoms with Crippen molar-refractivity contribution in [2.75, 3.05) is 5.32 Å². The van der Waals surface area contributed by atoms with E-state index in [9.17, 15) is 18.0 Å². The zero-order chi connectivity index (χ0) is 20.3. The summed E-state index contributed by atoms with van der Waals surface area (Å²) in [5.74, 6) is -0.671. The fraction of sp³-hybridized carbons (Fsp3) is 0.150. The van der Waals surface area contributed by atoms with Crippen molar-refractivity contribution in [3.8, 4) is 11.3 Å².